The lowest BCUT2D eigenvalue weighted by Crippen LogP contribution is -2.52. The van der Waals surface area contributed by atoms with Gasteiger partial charge in [-0.2, -0.15) is 13.2 Å². The number of halogens is 4. The van der Waals surface area contributed by atoms with Crippen molar-refractivity contribution in [3.05, 3.63) is 53.3 Å². The SMILES string of the molecule is C[C@@](O)(C(=O)Nc1ccc(S(=O)(=O)NCc2ccncc2)cc1Cl)C(F)(F)F. The average Bonchev–Trinajstić information content (AvgIpc) is 2.61. The van der Waals surface area contributed by atoms with Crippen LogP contribution in [0.25, 0.3) is 0 Å². The molecule has 0 bridgehead atoms. The molecule has 2 aromatic rings. The fourth-order valence-electron chi connectivity index (χ4n) is 1.90. The Balaban J connectivity index is 2.16. The van der Waals surface area contributed by atoms with Crippen molar-refractivity contribution >= 4 is 33.2 Å². The van der Waals surface area contributed by atoms with Gasteiger partial charge < -0.3 is 10.4 Å². The lowest BCUT2D eigenvalue weighted by atomic mass is 10.1. The summed E-state index contributed by atoms with van der Waals surface area (Å²) in [5.74, 6) is -1.76. The molecule has 2 rings (SSSR count). The van der Waals surface area contributed by atoms with E-state index in [0.717, 1.165) is 18.2 Å². The van der Waals surface area contributed by atoms with Gasteiger partial charge in [0.2, 0.25) is 15.6 Å². The van der Waals surface area contributed by atoms with Crippen molar-refractivity contribution in [3.63, 3.8) is 0 Å². The zero-order valence-electron chi connectivity index (χ0n) is 14.3. The summed E-state index contributed by atoms with van der Waals surface area (Å²) in [5, 5.41) is 10.9. The number of benzene rings is 1. The van der Waals surface area contributed by atoms with Gasteiger partial charge in [0.05, 0.1) is 15.6 Å². The van der Waals surface area contributed by atoms with Crippen molar-refractivity contribution < 1.29 is 31.5 Å². The largest absolute Gasteiger partial charge is 0.426 e. The number of carbonyl (C=O) groups excluding carboxylic acids is 1. The van der Waals surface area contributed by atoms with Crippen LogP contribution < -0.4 is 10.0 Å². The van der Waals surface area contributed by atoms with Gasteiger partial charge in [-0.15, -0.1) is 0 Å². The number of sulfonamides is 1. The summed E-state index contributed by atoms with van der Waals surface area (Å²) < 4.78 is 65.1. The number of anilines is 1. The van der Waals surface area contributed by atoms with Crippen molar-refractivity contribution in [2.24, 2.45) is 0 Å². The molecular weight excluding hydrogens is 423 g/mol. The van der Waals surface area contributed by atoms with Crippen molar-refractivity contribution in [2.75, 3.05) is 5.32 Å². The van der Waals surface area contributed by atoms with E-state index in [9.17, 15) is 31.5 Å². The minimum atomic E-state index is -5.20. The summed E-state index contributed by atoms with van der Waals surface area (Å²) >= 11 is 5.88. The number of aromatic nitrogens is 1. The maximum atomic E-state index is 12.7. The predicted octanol–water partition coefficient (Wildman–Crippen LogP) is 2.47. The van der Waals surface area contributed by atoms with Crippen LogP contribution >= 0.6 is 11.6 Å². The quantitative estimate of drug-likeness (QED) is 0.643. The Morgan fingerprint density at radius 3 is 2.36 bits per heavy atom. The Morgan fingerprint density at radius 2 is 1.82 bits per heavy atom. The van der Waals surface area contributed by atoms with Gasteiger partial charge in [0.25, 0.3) is 5.91 Å². The number of hydrogen-bond donors (Lipinski definition) is 3. The zero-order valence-corrected chi connectivity index (χ0v) is 15.9. The maximum absolute atomic E-state index is 12.7. The average molecular weight is 438 g/mol. The number of rotatable bonds is 6. The van der Waals surface area contributed by atoms with E-state index in [-0.39, 0.29) is 29.1 Å². The highest BCUT2D eigenvalue weighted by molar-refractivity contribution is 7.89. The van der Waals surface area contributed by atoms with E-state index in [0.29, 0.717) is 5.56 Å². The molecule has 7 nitrogen and oxygen atoms in total. The second-order valence-electron chi connectivity index (χ2n) is 5.85. The first kappa shape index (κ1) is 22.1. The molecule has 0 aliphatic carbocycles. The number of hydrogen-bond acceptors (Lipinski definition) is 5. The topological polar surface area (TPSA) is 108 Å². The second kappa shape index (κ2) is 8.03. The Bertz CT molecular complexity index is 967. The number of aliphatic hydroxyl groups is 1. The number of alkyl halides is 3. The van der Waals surface area contributed by atoms with Crippen LogP contribution in [-0.4, -0.2) is 36.2 Å². The van der Waals surface area contributed by atoms with Gasteiger partial charge >= 0.3 is 6.18 Å². The molecule has 0 unspecified atom stereocenters. The molecule has 152 valence electrons. The minimum Gasteiger partial charge on any atom is -0.373 e. The molecule has 1 aromatic carbocycles. The number of pyridine rings is 1. The normalized spacial score (nSPS) is 14.4. The number of amides is 1. The third kappa shape index (κ3) is 4.98. The van der Waals surface area contributed by atoms with Crippen LogP contribution in [-0.2, 0) is 21.4 Å². The highest BCUT2D eigenvalue weighted by atomic mass is 35.5. The first-order chi connectivity index (χ1) is 12.8. The number of carbonyl (C=O) groups is 1. The molecule has 1 heterocycles. The van der Waals surface area contributed by atoms with Crippen LogP contribution in [0.4, 0.5) is 18.9 Å². The van der Waals surface area contributed by atoms with E-state index in [1.54, 1.807) is 12.1 Å². The lowest BCUT2D eigenvalue weighted by Gasteiger charge is -2.25. The minimum absolute atomic E-state index is 0.0184. The van der Waals surface area contributed by atoms with E-state index in [2.05, 4.69) is 9.71 Å². The number of nitrogens with one attached hydrogen (secondary N) is 2. The molecule has 0 saturated carbocycles. The van der Waals surface area contributed by atoms with Crippen LogP contribution in [0.1, 0.15) is 12.5 Å². The third-order valence-electron chi connectivity index (χ3n) is 3.71. The van der Waals surface area contributed by atoms with E-state index in [1.165, 1.54) is 12.4 Å². The van der Waals surface area contributed by atoms with Gasteiger partial charge in [0, 0.05) is 18.9 Å². The molecule has 12 heteroatoms. The zero-order chi connectivity index (χ0) is 21.2. The Kier molecular flexibility index (Phi) is 6.34. The molecule has 0 fully saturated rings. The van der Waals surface area contributed by atoms with Crippen LogP contribution in [0.3, 0.4) is 0 Å². The molecule has 1 amide bonds. The second-order valence-corrected chi connectivity index (χ2v) is 8.02. The van der Waals surface area contributed by atoms with Gasteiger partial charge in [-0.25, -0.2) is 13.1 Å². The molecular formula is C16H15ClF3N3O4S. The molecule has 0 radical (unpaired) electrons. The van der Waals surface area contributed by atoms with Gasteiger partial charge in [0.1, 0.15) is 0 Å². The molecule has 3 N–H and O–H groups in total. The summed E-state index contributed by atoms with van der Waals surface area (Å²) in [6.07, 6.45) is -2.22. The van der Waals surface area contributed by atoms with Gasteiger partial charge in [-0.05, 0) is 42.8 Å². The highest BCUT2D eigenvalue weighted by Gasteiger charge is 2.55. The van der Waals surface area contributed by atoms with Gasteiger partial charge in [-0.1, -0.05) is 11.6 Å². The fourth-order valence-corrected chi connectivity index (χ4v) is 3.24. The van der Waals surface area contributed by atoms with Crippen molar-refractivity contribution in [2.45, 2.75) is 30.1 Å². The Hall–Kier alpha value is -2.21. The smallest absolute Gasteiger partial charge is 0.373 e. The first-order valence-corrected chi connectivity index (χ1v) is 9.49. The number of nitrogens with zero attached hydrogens (tertiary/aromatic N) is 1. The van der Waals surface area contributed by atoms with Crippen LogP contribution in [0.5, 0.6) is 0 Å². The third-order valence-corrected chi connectivity index (χ3v) is 5.42. The van der Waals surface area contributed by atoms with Gasteiger partial charge in [-0.3, -0.25) is 9.78 Å². The van der Waals surface area contributed by atoms with Crippen LogP contribution in [0, 0.1) is 0 Å². The standard InChI is InChI=1S/C16H15ClF3N3O4S/c1-15(25,16(18,19)20)14(24)23-13-3-2-11(8-12(13)17)28(26,27)22-9-10-4-6-21-7-5-10/h2-8,22,25H,9H2,1H3,(H,23,24)/t15-/m1/s1. The summed E-state index contributed by atoms with van der Waals surface area (Å²) in [7, 11) is -3.97. The van der Waals surface area contributed by atoms with Gasteiger partial charge in [0.15, 0.2) is 0 Å². The van der Waals surface area contributed by atoms with E-state index >= 15 is 0 Å². The van der Waals surface area contributed by atoms with E-state index in [1.807, 2.05) is 5.32 Å². The molecule has 28 heavy (non-hydrogen) atoms. The predicted molar refractivity (Wildman–Crippen MR) is 95.0 cm³/mol. The molecule has 1 aromatic heterocycles. The molecule has 0 aliphatic heterocycles. The summed E-state index contributed by atoms with van der Waals surface area (Å²) in [5.41, 5.74) is -3.28. The van der Waals surface area contributed by atoms with E-state index in [4.69, 9.17) is 11.6 Å². The van der Waals surface area contributed by atoms with Crippen LogP contribution in [0.2, 0.25) is 5.02 Å². The Morgan fingerprint density at radius 1 is 1.21 bits per heavy atom. The summed E-state index contributed by atoms with van der Waals surface area (Å²) in [4.78, 5) is 15.2. The summed E-state index contributed by atoms with van der Waals surface area (Å²) in [6, 6.07) is 6.27. The van der Waals surface area contributed by atoms with Crippen LogP contribution in [0.15, 0.2) is 47.6 Å². The van der Waals surface area contributed by atoms with E-state index < -0.39 is 27.7 Å². The van der Waals surface area contributed by atoms with Crippen molar-refractivity contribution in [3.8, 4) is 0 Å². The summed E-state index contributed by atoms with van der Waals surface area (Å²) in [6.45, 7) is 0.271. The molecule has 0 saturated heterocycles. The molecule has 1 atom stereocenters. The first-order valence-electron chi connectivity index (χ1n) is 7.63. The Labute approximate surface area is 163 Å². The fraction of sp³-hybridized carbons (Fsp3) is 0.250. The van der Waals surface area contributed by atoms with Crippen molar-refractivity contribution in [1.29, 1.82) is 0 Å². The van der Waals surface area contributed by atoms with Crippen molar-refractivity contribution in [1.82, 2.24) is 9.71 Å². The monoisotopic (exact) mass is 437 g/mol. The molecule has 0 aliphatic rings. The lowest BCUT2D eigenvalue weighted by molar-refractivity contribution is -0.242. The maximum Gasteiger partial charge on any atom is 0.426 e. The highest BCUT2D eigenvalue weighted by Crippen LogP contribution is 2.32. The molecule has 0 spiro atoms.